The monoisotopic (exact) mass is 229 g/mol. The second-order valence-electron chi connectivity index (χ2n) is 3.89. The number of allylic oxidation sites excluding steroid dienone is 1. The van der Waals surface area contributed by atoms with Crippen LogP contribution in [0.5, 0.6) is 0 Å². The van der Waals surface area contributed by atoms with Gasteiger partial charge in [0.05, 0.1) is 0 Å². The smallest absolute Gasteiger partial charge is 0.123 e. The average Bonchev–Trinajstić information content (AvgIpc) is 3.03. The highest BCUT2D eigenvalue weighted by molar-refractivity contribution is 7.13. The van der Waals surface area contributed by atoms with Gasteiger partial charge in [0.2, 0.25) is 0 Å². The maximum atomic E-state index is 9.93. The molecular weight excluding hydrogens is 218 g/mol. The molecule has 16 heavy (non-hydrogen) atoms. The van der Waals surface area contributed by atoms with Crippen LogP contribution >= 0.6 is 11.3 Å². The summed E-state index contributed by atoms with van der Waals surface area (Å²) in [4.78, 5) is 5.37. The van der Waals surface area contributed by atoms with Gasteiger partial charge in [-0.05, 0) is 35.9 Å². The molecule has 3 rings (SSSR count). The highest BCUT2D eigenvalue weighted by atomic mass is 32.1. The van der Waals surface area contributed by atoms with Gasteiger partial charge in [0.25, 0.3) is 0 Å². The standard InChI is InChI=1S/C13H11NOS/c15-13(9-3-4-9)11-6-10(7-14-8-11)12-2-1-5-16-12/h1-2,5-8,15H,3-4H2. The van der Waals surface area contributed by atoms with E-state index >= 15 is 0 Å². The molecule has 0 spiro atoms. The van der Waals surface area contributed by atoms with Gasteiger partial charge in [0, 0.05) is 28.4 Å². The minimum atomic E-state index is 0.422. The number of aromatic nitrogens is 1. The first-order valence-corrected chi connectivity index (χ1v) is 6.13. The quantitative estimate of drug-likeness (QED) is 0.793. The third-order valence-electron chi connectivity index (χ3n) is 2.65. The molecular formula is C13H11NOS. The molecule has 1 aliphatic carbocycles. The Morgan fingerprint density at radius 3 is 2.88 bits per heavy atom. The van der Waals surface area contributed by atoms with Gasteiger partial charge in [-0.25, -0.2) is 0 Å². The van der Waals surface area contributed by atoms with Gasteiger partial charge < -0.3 is 5.11 Å². The fraction of sp³-hybridized carbons (Fsp3) is 0.154. The van der Waals surface area contributed by atoms with E-state index in [4.69, 9.17) is 0 Å². The van der Waals surface area contributed by atoms with Crippen LogP contribution in [0.1, 0.15) is 18.4 Å². The minimum absolute atomic E-state index is 0.422. The van der Waals surface area contributed by atoms with Crippen molar-refractivity contribution in [2.24, 2.45) is 0 Å². The van der Waals surface area contributed by atoms with Crippen molar-refractivity contribution in [2.75, 3.05) is 0 Å². The number of aliphatic hydroxyl groups is 1. The van der Waals surface area contributed by atoms with Crippen LogP contribution in [0.2, 0.25) is 0 Å². The zero-order chi connectivity index (χ0) is 11.0. The molecule has 1 aliphatic rings. The Balaban J connectivity index is 2.03. The molecule has 0 atom stereocenters. The fourth-order valence-corrected chi connectivity index (χ4v) is 2.36. The minimum Gasteiger partial charge on any atom is -0.507 e. The molecule has 0 aliphatic heterocycles. The van der Waals surface area contributed by atoms with Crippen molar-refractivity contribution in [1.29, 1.82) is 0 Å². The first-order chi connectivity index (χ1) is 7.84. The number of thiophene rings is 1. The Morgan fingerprint density at radius 1 is 1.31 bits per heavy atom. The van der Waals surface area contributed by atoms with Gasteiger partial charge in [-0.15, -0.1) is 11.3 Å². The molecule has 0 radical (unpaired) electrons. The van der Waals surface area contributed by atoms with Crippen molar-refractivity contribution in [3.8, 4) is 10.4 Å². The number of aliphatic hydroxyl groups excluding tert-OH is 1. The summed E-state index contributed by atoms with van der Waals surface area (Å²) < 4.78 is 0. The summed E-state index contributed by atoms with van der Waals surface area (Å²) >= 11 is 1.68. The number of hydrogen-bond donors (Lipinski definition) is 1. The predicted octanol–water partition coefficient (Wildman–Crippen LogP) is 3.87. The molecule has 0 bridgehead atoms. The van der Waals surface area contributed by atoms with Crippen LogP contribution in [0.3, 0.4) is 0 Å². The van der Waals surface area contributed by atoms with Crippen molar-refractivity contribution in [1.82, 2.24) is 4.98 Å². The van der Waals surface area contributed by atoms with E-state index < -0.39 is 0 Å². The number of rotatable bonds is 2. The molecule has 0 unspecified atom stereocenters. The van der Waals surface area contributed by atoms with Crippen LogP contribution in [0.15, 0.2) is 41.5 Å². The van der Waals surface area contributed by atoms with E-state index in [2.05, 4.69) is 11.1 Å². The Hall–Kier alpha value is -1.61. The van der Waals surface area contributed by atoms with Gasteiger partial charge in [0.15, 0.2) is 0 Å². The van der Waals surface area contributed by atoms with Gasteiger partial charge in [-0.2, -0.15) is 0 Å². The average molecular weight is 229 g/mol. The fourth-order valence-electron chi connectivity index (χ4n) is 1.65. The molecule has 80 valence electrons. The zero-order valence-electron chi connectivity index (χ0n) is 8.68. The number of pyridine rings is 1. The maximum Gasteiger partial charge on any atom is 0.123 e. The highest BCUT2D eigenvalue weighted by Gasteiger charge is 2.18. The molecule has 2 aromatic rings. The SMILES string of the molecule is OC(=C1CC1)c1cncc(-c2cccs2)c1. The summed E-state index contributed by atoms with van der Waals surface area (Å²) in [6.07, 6.45) is 5.60. The Kier molecular flexibility index (Phi) is 2.26. The molecule has 0 aromatic carbocycles. The summed E-state index contributed by atoms with van der Waals surface area (Å²) in [5.41, 5.74) is 3.05. The van der Waals surface area contributed by atoms with Crippen LogP contribution in [-0.4, -0.2) is 10.1 Å². The van der Waals surface area contributed by atoms with Crippen molar-refractivity contribution in [3.05, 3.63) is 47.1 Å². The molecule has 2 nitrogen and oxygen atoms in total. The summed E-state index contributed by atoms with van der Waals surface area (Å²) in [7, 11) is 0. The van der Waals surface area contributed by atoms with E-state index in [0.29, 0.717) is 5.76 Å². The van der Waals surface area contributed by atoms with Crippen molar-refractivity contribution < 1.29 is 5.11 Å². The second kappa shape index (κ2) is 3.76. The third-order valence-corrected chi connectivity index (χ3v) is 3.57. The van der Waals surface area contributed by atoms with E-state index in [0.717, 1.165) is 29.5 Å². The van der Waals surface area contributed by atoms with Gasteiger partial charge in [-0.1, -0.05) is 6.07 Å². The van der Waals surface area contributed by atoms with Crippen molar-refractivity contribution in [2.45, 2.75) is 12.8 Å². The van der Waals surface area contributed by atoms with Crippen LogP contribution in [0.25, 0.3) is 16.2 Å². The van der Waals surface area contributed by atoms with Crippen LogP contribution in [0.4, 0.5) is 0 Å². The van der Waals surface area contributed by atoms with E-state index in [1.165, 1.54) is 4.88 Å². The van der Waals surface area contributed by atoms with Crippen LogP contribution in [0, 0.1) is 0 Å². The summed E-state index contributed by atoms with van der Waals surface area (Å²) in [6.45, 7) is 0. The molecule has 0 saturated heterocycles. The zero-order valence-corrected chi connectivity index (χ0v) is 9.50. The number of hydrogen-bond acceptors (Lipinski definition) is 3. The lowest BCUT2D eigenvalue weighted by atomic mass is 10.1. The lowest BCUT2D eigenvalue weighted by Crippen LogP contribution is -1.86. The largest absolute Gasteiger partial charge is 0.507 e. The molecule has 2 aromatic heterocycles. The normalized spacial score (nSPS) is 13.9. The number of nitrogens with zero attached hydrogens (tertiary/aromatic N) is 1. The first-order valence-electron chi connectivity index (χ1n) is 5.25. The van der Waals surface area contributed by atoms with Gasteiger partial charge in [0.1, 0.15) is 5.76 Å². The highest BCUT2D eigenvalue weighted by Crippen LogP contribution is 2.35. The maximum absolute atomic E-state index is 9.93. The van der Waals surface area contributed by atoms with E-state index in [1.54, 1.807) is 17.5 Å². The van der Waals surface area contributed by atoms with E-state index in [1.807, 2.05) is 23.7 Å². The van der Waals surface area contributed by atoms with E-state index in [-0.39, 0.29) is 0 Å². The predicted molar refractivity (Wildman–Crippen MR) is 66.3 cm³/mol. The Bertz CT molecular complexity index is 537. The lowest BCUT2D eigenvalue weighted by Gasteiger charge is -2.02. The Morgan fingerprint density at radius 2 is 2.19 bits per heavy atom. The molecule has 1 saturated carbocycles. The molecule has 1 fully saturated rings. The van der Waals surface area contributed by atoms with Gasteiger partial charge >= 0.3 is 0 Å². The van der Waals surface area contributed by atoms with Gasteiger partial charge in [-0.3, -0.25) is 4.98 Å². The molecule has 2 heterocycles. The van der Waals surface area contributed by atoms with Crippen LogP contribution in [-0.2, 0) is 0 Å². The van der Waals surface area contributed by atoms with Crippen molar-refractivity contribution >= 4 is 17.1 Å². The lowest BCUT2D eigenvalue weighted by molar-refractivity contribution is 0.509. The molecule has 1 N–H and O–H groups in total. The topological polar surface area (TPSA) is 33.1 Å². The van der Waals surface area contributed by atoms with Crippen molar-refractivity contribution in [3.63, 3.8) is 0 Å². The first kappa shape index (κ1) is 9.60. The Labute approximate surface area is 97.9 Å². The molecule has 0 amide bonds. The molecule has 3 heteroatoms. The summed E-state index contributed by atoms with van der Waals surface area (Å²) in [6, 6.07) is 6.08. The summed E-state index contributed by atoms with van der Waals surface area (Å²) in [5, 5.41) is 12.0. The summed E-state index contributed by atoms with van der Waals surface area (Å²) in [5.74, 6) is 0.422. The third kappa shape index (κ3) is 1.74. The van der Waals surface area contributed by atoms with Crippen LogP contribution < -0.4 is 0 Å². The second-order valence-corrected chi connectivity index (χ2v) is 4.84. The van der Waals surface area contributed by atoms with E-state index in [9.17, 15) is 5.11 Å².